The number of sulfonamides is 1. The van der Waals surface area contributed by atoms with Crippen molar-refractivity contribution >= 4 is 33.3 Å². The fraction of sp³-hybridized carbons (Fsp3) is 0.435. The molecular formula is C23H29ClN4O2S. The molecule has 4 rings (SSSR count). The molecular weight excluding hydrogens is 432 g/mol. The molecule has 6 nitrogen and oxygen atoms in total. The van der Waals surface area contributed by atoms with Gasteiger partial charge in [0, 0.05) is 36.9 Å². The molecule has 0 bridgehead atoms. The van der Waals surface area contributed by atoms with Crippen molar-refractivity contribution in [2.24, 2.45) is 10.9 Å². The first kappa shape index (κ1) is 22.0. The number of halogens is 1. The average molecular weight is 461 g/mol. The smallest absolute Gasteiger partial charge is 0.266 e. The molecule has 0 aliphatic carbocycles. The Morgan fingerprint density at radius 1 is 0.968 bits per heavy atom. The first-order chi connectivity index (χ1) is 14.8. The number of piperazine rings is 1. The molecule has 0 unspecified atom stereocenters. The van der Waals surface area contributed by atoms with Crippen molar-refractivity contribution in [2.45, 2.75) is 25.2 Å². The summed E-state index contributed by atoms with van der Waals surface area (Å²) >= 11 is 6.13. The maximum Gasteiger partial charge on any atom is 0.266 e. The first-order valence-corrected chi connectivity index (χ1v) is 12.6. The maximum absolute atomic E-state index is 13.3. The third kappa shape index (κ3) is 4.83. The summed E-state index contributed by atoms with van der Waals surface area (Å²) in [7, 11) is -3.62. The van der Waals surface area contributed by atoms with Crippen LogP contribution in [0.3, 0.4) is 0 Å². The Kier molecular flexibility index (Phi) is 6.44. The van der Waals surface area contributed by atoms with E-state index in [1.165, 1.54) is 4.31 Å². The van der Waals surface area contributed by atoms with Crippen LogP contribution in [0.1, 0.15) is 19.4 Å². The fourth-order valence-electron chi connectivity index (χ4n) is 4.14. The number of aliphatic imine (C=N–C) groups is 1. The predicted molar refractivity (Wildman–Crippen MR) is 126 cm³/mol. The van der Waals surface area contributed by atoms with Gasteiger partial charge in [0.25, 0.3) is 10.0 Å². The summed E-state index contributed by atoms with van der Waals surface area (Å²) in [6, 6.07) is 15.1. The molecule has 2 aromatic carbocycles. The summed E-state index contributed by atoms with van der Waals surface area (Å²) in [5, 5.41) is 0.719. The van der Waals surface area contributed by atoms with E-state index in [0.29, 0.717) is 43.0 Å². The lowest BCUT2D eigenvalue weighted by Crippen LogP contribution is -2.53. The number of nitrogens with zero attached hydrogens (tertiary/aromatic N) is 4. The Balaban J connectivity index is 1.45. The van der Waals surface area contributed by atoms with E-state index >= 15 is 0 Å². The molecule has 0 aromatic heterocycles. The van der Waals surface area contributed by atoms with Gasteiger partial charge >= 0.3 is 0 Å². The van der Waals surface area contributed by atoms with Crippen molar-refractivity contribution in [3.8, 4) is 0 Å². The summed E-state index contributed by atoms with van der Waals surface area (Å²) in [6.07, 6.45) is 0.938. The zero-order chi connectivity index (χ0) is 22.0. The van der Waals surface area contributed by atoms with E-state index in [9.17, 15) is 8.42 Å². The van der Waals surface area contributed by atoms with Crippen LogP contribution in [0.25, 0.3) is 0 Å². The lowest BCUT2D eigenvalue weighted by Gasteiger charge is -2.39. The zero-order valence-corrected chi connectivity index (χ0v) is 19.6. The molecule has 166 valence electrons. The minimum absolute atomic E-state index is 0.326. The van der Waals surface area contributed by atoms with E-state index < -0.39 is 10.0 Å². The van der Waals surface area contributed by atoms with Crippen LogP contribution in [-0.2, 0) is 16.4 Å². The second-order valence-corrected chi connectivity index (χ2v) is 10.8. The molecule has 0 atom stereocenters. The first-order valence-electron chi connectivity index (χ1n) is 10.8. The van der Waals surface area contributed by atoms with E-state index in [2.05, 4.69) is 28.6 Å². The quantitative estimate of drug-likeness (QED) is 0.682. The molecule has 0 radical (unpaired) electrons. The minimum atomic E-state index is -3.62. The normalized spacial score (nSPS) is 17.4. The van der Waals surface area contributed by atoms with E-state index in [4.69, 9.17) is 11.6 Å². The molecule has 2 aromatic rings. The van der Waals surface area contributed by atoms with Crippen LogP contribution in [0.15, 0.2) is 58.4 Å². The van der Waals surface area contributed by atoms with Gasteiger partial charge in [-0.05, 0) is 48.2 Å². The Bertz CT molecular complexity index is 1050. The second-order valence-electron chi connectivity index (χ2n) is 8.45. The van der Waals surface area contributed by atoms with Crippen molar-refractivity contribution in [2.75, 3.05) is 44.2 Å². The molecule has 2 aliphatic heterocycles. The monoisotopic (exact) mass is 460 g/mol. The molecule has 8 heteroatoms. The third-order valence-electron chi connectivity index (χ3n) is 5.67. The second kappa shape index (κ2) is 9.09. The molecule has 1 fully saturated rings. The van der Waals surface area contributed by atoms with Gasteiger partial charge in [0.15, 0.2) is 0 Å². The standard InChI is InChI=1S/C23H29ClN4O2S/c1-18(2)16-19-6-8-22(9-7-19)31(29,30)28-11-10-25-23(28)27-14-12-26(13-15-27)21-5-3-4-20(24)17-21/h3-9,17-18H,10-16H2,1-2H3. The molecule has 31 heavy (non-hydrogen) atoms. The Labute approximate surface area is 190 Å². The van der Waals surface area contributed by atoms with E-state index in [0.717, 1.165) is 35.8 Å². The lowest BCUT2D eigenvalue weighted by atomic mass is 10.0. The topological polar surface area (TPSA) is 56.2 Å². The highest BCUT2D eigenvalue weighted by atomic mass is 35.5. The minimum Gasteiger partial charge on any atom is -0.368 e. The number of rotatable bonds is 5. The highest BCUT2D eigenvalue weighted by Crippen LogP contribution is 2.24. The van der Waals surface area contributed by atoms with Gasteiger partial charge in [0.05, 0.1) is 18.0 Å². The van der Waals surface area contributed by atoms with Crippen molar-refractivity contribution in [3.05, 3.63) is 59.1 Å². The lowest BCUT2D eigenvalue weighted by molar-refractivity contribution is 0.358. The third-order valence-corrected chi connectivity index (χ3v) is 7.70. The molecule has 2 aliphatic rings. The van der Waals surface area contributed by atoms with Crippen LogP contribution in [0.5, 0.6) is 0 Å². The molecule has 0 amide bonds. The number of anilines is 1. The zero-order valence-electron chi connectivity index (χ0n) is 18.0. The molecule has 0 saturated carbocycles. The number of hydrogen-bond acceptors (Lipinski definition) is 5. The summed E-state index contributed by atoms with van der Waals surface area (Å²) in [5.41, 5.74) is 2.24. The van der Waals surface area contributed by atoms with Crippen LogP contribution < -0.4 is 4.90 Å². The number of hydrogen-bond donors (Lipinski definition) is 0. The Hall–Kier alpha value is -2.25. The van der Waals surface area contributed by atoms with Crippen molar-refractivity contribution in [1.82, 2.24) is 9.21 Å². The Morgan fingerprint density at radius 3 is 2.29 bits per heavy atom. The van der Waals surface area contributed by atoms with Crippen LogP contribution in [0.2, 0.25) is 5.02 Å². The van der Waals surface area contributed by atoms with Crippen LogP contribution in [-0.4, -0.2) is 62.9 Å². The average Bonchev–Trinajstić information content (AvgIpc) is 3.25. The Morgan fingerprint density at radius 2 is 1.65 bits per heavy atom. The van der Waals surface area contributed by atoms with Gasteiger partial charge in [-0.2, -0.15) is 0 Å². The highest BCUT2D eigenvalue weighted by molar-refractivity contribution is 7.89. The number of guanidine groups is 1. The molecule has 1 saturated heterocycles. The van der Waals surface area contributed by atoms with Gasteiger partial charge in [-0.3, -0.25) is 4.99 Å². The van der Waals surface area contributed by atoms with Crippen LogP contribution in [0, 0.1) is 5.92 Å². The predicted octanol–water partition coefficient (Wildman–Crippen LogP) is 3.72. The van der Waals surface area contributed by atoms with Gasteiger partial charge in [-0.15, -0.1) is 0 Å². The van der Waals surface area contributed by atoms with E-state index in [1.54, 1.807) is 12.1 Å². The SMILES string of the molecule is CC(C)Cc1ccc(S(=O)(=O)N2CCN=C2N2CCN(c3cccc(Cl)c3)CC2)cc1. The summed E-state index contributed by atoms with van der Waals surface area (Å²) in [5.74, 6) is 1.10. The molecule has 2 heterocycles. The van der Waals surface area contributed by atoms with Gasteiger partial charge < -0.3 is 9.80 Å². The molecule has 0 spiro atoms. The fourth-order valence-corrected chi connectivity index (χ4v) is 5.77. The van der Waals surface area contributed by atoms with Gasteiger partial charge in [-0.25, -0.2) is 12.7 Å². The maximum atomic E-state index is 13.3. The highest BCUT2D eigenvalue weighted by Gasteiger charge is 2.35. The van der Waals surface area contributed by atoms with Crippen molar-refractivity contribution in [1.29, 1.82) is 0 Å². The van der Waals surface area contributed by atoms with Gasteiger partial charge in [0.2, 0.25) is 5.96 Å². The number of benzene rings is 2. The van der Waals surface area contributed by atoms with E-state index in [-0.39, 0.29) is 0 Å². The van der Waals surface area contributed by atoms with Crippen molar-refractivity contribution < 1.29 is 8.42 Å². The van der Waals surface area contributed by atoms with Gasteiger partial charge in [0.1, 0.15) is 0 Å². The van der Waals surface area contributed by atoms with Crippen LogP contribution >= 0.6 is 11.6 Å². The summed E-state index contributed by atoms with van der Waals surface area (Å²) in [4.78, 5) is 9.23. The van der Waals surface area contributed by atoms with Crippen LogP contribution in [0.4, 0.5) is 5.69 Å². The summed E-state index contributed by atoms with van der Waals surface area (Å²) in [6.45, 7) is 8.20. The largest absolute Gasteiger partial charge is 0.368 e. The van der Waals surface area contributed by atoms with Crippen molar-refractivity contribution in [3.63, 3.8) is 0 Å². The summed E-state index contributed by atoms with van der Waals surface area (Å²) < 4.78 is 28.1. The van der Waals surface area contributed by atoms with E-state index in [1.807, 2.05) is 36.4 Å². The molecule has 0 N–H and O–H groups in total. The van der Waals surface area contributed by atoms with Gasteiger partial charge in [-0.1, -0.05) is 43.6 Å².